The Kier molecular flexibility index (Phi) is 6.67. The average molecular weight is 541 g/mol. The van der Waals surface area contributed by atoms with E-state index in [4.69, 9.17) is 14.4 Å². The minimum atomic E-state index is -0.175. The molecule has 0 spiro atoms. The maximum Gasteiger partial charge on any atom is 0.287 e. The van der Waals surface area contributed by atoms with E-state index in [2.05, 4.69) is 47.4 Å². The zero-order valence-electron chi connectivity index (χ0n) is 17.3. The predicted octanol–water partition coefficient (Wildman–Crippen LogP) is 4.69. The summed E-state index contributed by atoms with van der Waals surface area (Å²) in [5.74, 6) is 1.91. The Balaban J connectivity index is 1.35. The molecule has 2 heterocycles. The maximum absolute atomic E-state index is 12.4. The maximum atomic E-state index is 12.4. The van der Waals surface area contributed by atoms with Gasteiger partial charge in [-0.3, -0.25) is 4.79 Å². The van der Waals surface area contributed by atoms with Crippen molar-refractivity contribution < 1.29 is 9.21 Å². The molecule has 2 aromatic rings. The van der Waals surface area contributed by atoms with Crippen LogP contribution < -0.4 is 15.5 Å². The summed E-state index contributed by atoms with van der Waals surface area (Å²) < 4.78 is 6.69. The molecule has 0 unspecified atom stereocenters. The van der Waals surface area contributed by atoms with Gasteiger partial charge < -0.3 is 20.0 Å². The van der Waals surface area contributed by atoms with Crippen molar-refractivity contribution in [3.63, 3.8) is 0 Å². The van der Waals surface area contributed by atoms with Crippen LogP contribution in [0, 0.1) is 0 Å². The molecule has 1 saturated carbocycles. The Bertz CT molecular complexity index is 903. The van der Waals surface area contributed by atoms with Gasteiger partial charge in [-0.15, -0.1) is 0 Å². The summed E-state index contributed by atoms with van der Waals surface area (Å²) in [6, 6.07) is 2.16. The first-order valence-corrected chi connectivity index (χ1v) is 12.1. The minimum Gasteiger partial charge on any atom is -0.443 e. The van der Waals surface area contributed by atoms with Crippen LogP contribution in [0.2, 0.25) is 0 Å². The summed E-state index contributed by atoms with van der Waals surface area (Å²) in [4.78, 5) is 24.1. The number of amides is 1. The highest BCUT2D eigenvalue weighted by molar-refractivity contribution is 9.13. The molecule has 2 aromatic heterocycles. The largest absolute Gasteiger partial charge is 0.443 e. The van der Waals surface area contributed by atoms with Crippen molar-refractivity contribution in [1.29, 1.82) is 0 Å². The molecule has 0 radical (unpaired) electrons. The molecule has 30 heavy (non-hydrogen) atoms. The third-order valence-electron chi connectivity index (χ3n) is 5.85. The Morgan fingerprint density at radius 2 is 1.80 bits per heavy atom. The van der Waals surface area contributed by atoms with Crippen molar-refractivity contribution in [2.45, 2.75) is 63.5 Å². The molecule has 162 valence electrons. The molecular formula is C21H27Br2N5O2. The third kappa shape index (κ3) is 4.82. The molecule has 1 amide bonds. The topological polar surface area (TPSA) is 83.3 Å². The number of hydrogen-bond acceptors (Lipinski definition) is 6. The molecule has 2 aliphatic carbocycles. The number of nitrogens with one attached hydrogen (secondary N) is 2. The molecule has 9 heteroatoms. The van der Waals surface area contributed by atoms with Gasteiger partial charge in [0, 0.05) is 37.8 Å². The number of fused-ring (bicyclic) bond motifs is 1. The van der Waals surface area contributed by atoms with Crippen LogP contribution >= 0.6 is 31.9 Å². The SMILES string of the molecule is CN(C)c1nc(N[C@H]2CC[C@@H](NC(=O)c3cc(Br)c(Br)o3)CC2)nc2c1CCCC2. The molecule has 0 aromatic carbocycles. The second kappa shape index (κ2) is 9.26. The molecular weight excluding hydrogens is 514 g/mol. The molecule has 7 nitrogen and oxygen atoms in total. The molecule has 1 fully saturated rings. The van der Waals surface area contributed by atoms with Crippen LogP contribution in [-0.4, -0.2) is 42.1 Å². The van der Waals surface area contributed by atoms with Gasteiger partial charge in [-0.2, -0.15) is 4.98 Å². The first-order valence-electron chi connectivity index (χ1n) is 10.5. The zero-order chi connectivity index (χ0) is 21.3. The van der Waals surface area contributed by atoms with Crippen molar-refractivity contribution in [2.24, 2.45) is 0 Å². The van der Waals surface area contributed by atoms with Crippen LogP contribution in [0.1, 0.15) is 60.3 Å². The van der Waals surface area contributed by atoms with Gasteiger partial charge >= 0.3 is 0 Å². The van der Waals surface area contributed by atoms with E-state index in [1.807, 2.05) is 14.1 Å². The van der Waals surface area contributed by atoms with Crippen LogP contribution in [0.4, 0.5) is 11.8 Å². The lowest BCUT2D eigenvalue weighted by molar-refractivity contribution is 0.0897. The Morgan fingerprint density at radius 3 is 2.47 bits per heavy atom. The minimum absolute atomic E-state index is 0.153. The van der Waals surface area contributed by atoms with Gasteiger partial charge in [0.25, 0.3) is 5.91 Å². The van der Waals surface area contributed by atoms with Crippen LogP contribution in [0.5, 0.6) is 0 Å². The number of furan rings is 1. The fourth-order valence-electron chi connectivity index (χ4n) is 4.29. The van der Waals surface area contributed by atoms with Gasteiger partial charge in [-0.1, -0.05) is 0 Å². The first kappa shape index (κ1) is 21.6. The highest BCUT2D eigenvalue weighted by Gasteiger charge is 2.26. The van der Waals surface area contributed by atoms with E-state index in [1.165, 1.54) is 24.1 Å². The van der Waals surface area contributed by atoms with Gasteiger partial charge in [-0.05, 0) is 83.2 Å². The summed E-state index contributed by atoms with van der Waals surface area (Å²) >= 11 is 6.61. The van der Waals surface area contributed by atoms with E-state index < -0.39 is 0 Å². The van der Waals surface area contributed by atoms with Crippen LogP contribution in [-0.2, 0) is 12.8 Å². The van der Waals surface area contributed by atoms with Gasteiger partial charge in [0.1, 0.15) is 5.82 Å². The highest BCUT2D eigenvalue weighted by atomic mass is 79.9. The number of halogens is 2. The number of carbonyl (C=O) groups is 1. The Morgan fingerprint density at radius 1 is 1.10 bits per heavy atom. The monoisotopic (exact) mass is 539 g/mol. The Hall–Kier alpha value is -1.61. The van der Waals surface area contributed by atoms with Gasteiger partial charge in [-0.25, -0.2) is 4.98 Å². The molecule has 2 N–H and O–H groups in total. The number of aromatic nitrogens is 2. The van der Waals surface area contributed by atoms with Crippen molar-refractivity contribution in [3.05, 3.63) is 32.2 Å². The van der Waals surface area contributed by atoms with Crippen LogP contribution in [0.25, 0.3) is 0 Å². The number of anilines is 2. The van der Waals surface area contributed by atoms with E-state index in [1.54, 1.807) is 6.07 Å². The van der Waals surface area contributed by atoms with E-state index in [0.29, 0.717) is 16.5 Å². The van der Waals surface area contributed by atoms with Gasteiger partial charge in [0.2, 0.25) is 5.95 Å². The molecule has 2 aliphatic rings. The van der Waals surface area contributed by atoms with Crippen molar-refractivity contribution >= 4 is 49.5 Å². The fourth-order valence-corrected chi connectivity index (χ4v) is 4.87. The predicted molar refractivity (Wildman–Crippen MR) is 124 cm³/mol. The number of rotatable bonds is 5. The summed E-state index contributed by atoms with van der Waals surface area (Å²) in [5.41, 5.74) is 2.50. The second-order valence-corrected chi connectivity index (χ2v) is 9.87. The zero-order valence-corrected chi connectivity index (χ0v) is 20.5. The number of hydrogen-bond donors (Lipinski definition) is 2. The number of carbonyl (C=O) groups excluding carboxylic acids is 1. The third-order valence-corrected chi connectivity index (χ3v) is 7.56. The van der Waals surface area contributed by atoms with Gasteiger partial charge in [0.05, 0.1) is 10.2 Å². The van der Waals surface area contributed by atoms with Crippen LogP contribution in [0.15, 0.2) is 19.6 Å². The molecule has 0 saturated heterocycles. The summed E-state index contributed by atoms with van der Waals surface area (Å²) in [6.07, 6.45) is 8.27. The molecule has 0 bridgehead atoms. The van der Waals surface area contributed by atoms with Crippen molar-refractivity contribution in [3.8, 4) is 0 Å². The van der Waals surface area contributed by atoms with E-state index in [9.17, 15) is 4.79 Å². The van der Waals surface area contributed by atoms with E-state index >= 15 is 0 Å². The van der Waals surface area contributed by atoms with Gasteiger partial charge in [0.15, 0.2) is 10.4 Å². The normalized spacial score (nSPS) is 21.1. The lowest BCUT2D eigenvalue weighted by Crippen LogP contribution is -2.40. The van der Waals surface area contributed by atoms with Crippen LogP contribution in [0.3, 0.4) is 0 Å². The quantitative estimate of drug-likeness (QED) is 0.572. The lowest BCUT2D eigenvalue weighted by atomic mass is 9.91. The van der Waals surface area contributed by atoms with Crippen molar-refractivity contribution in [1.82, 2.24) is 15.3 Å². The highest BCUT2D eigenvalue weighted by Crippen LogP contribution is 2.30. The fraction of sp³-hybridized carbons (Fsp3) is 0.571. The molecule has 4 rings (SSSR count). The summed E-state index contributed by atoms with van der Waals surface area (Å²) in [7, 11) is 4.09. The number of nitrogens with zero attached hydrogens (tertiary/aromatic N) is 3. The number of aryl methyl sites for hydroxylation is 1. The first-order chi connectivity index (χ1) is 14.4. The average Bonchev–Trinajstić information content (AvgIpc) is 3.07. The van der Waals surface area contributed by atoms with E-state index in [-0.39, 0.29) is 11.9 Å². The second-order valence-electron chi connectivity index (χ2n) is 8.30. The standard InChI is InChI=1S/C21H27Br2N5O2/c1-28(2)19-14-5-3-4-6-16(14)26-21(27-19)25-13-9-7-12(8-10-13)24-20(29)17-11-15(22)18(23)30-17/h11-13H,3-10H2,1-2H3,(H,24,29)(H,25,26,27)/t12-,13+. The smallest absolute Gasteiger partial charge is 0.287 e. The Labute approximate surface area is 193 Å². The lowest BCUT2D eigenvalue weighted by Gasteiger charge is -2.30. The summed E-state index contributed by atoms with van der Waals surface area (Å²) in [6.45, 7) is 0. The van der Waals surface area contributed by atoms with Crippen molar-refractivity contribution in [2.75, 3.05) is 24.3 Å². The molecule has 0 atom stereocenters. The van der Waals surface area contributed by atoms with E-state index in [0.717, 1.165) is 54.8 Å². The summed E-state index contributed by atoms with van der Waals surface area (Å²) in [5, 5.41) is 6.64. The molecule has 0 aliphatic heterocycles.